The van der Waals surface area contributed by atoms with Crippen molar-refractivity contribution in [1.82, 2.24) is 0 Å². The quantitative estimate of drug-likeness (QED) is 0.263. The summed E-state index contributed by atoms with van der Waals surface area (Å²) in [7, 11) is 0. The lowest BCUT2D eigenvalue weighted by atomic mass is 10.2. The predicted molar refractivity (Wildman–Crippen MR) is 52.7 cm³/mol. The van der Waals surface area contributed by atoms with E-state index in [9.17, 15) is 19.2 Å². The number of isocyanates is 2. The summed E-state index contributed by atoms with van der Waals surface area (Å²) in [5, 5.41) is 8.58. The Bertz CT molecular complexity index is 366. The van der Waals surface area contributed by atoms with Crippen LogP contribution in [0.1, 0.15) is 12.8 Å². The minimum atomic E-state index is -1.31. The zero-order chi connectivity index (χ0) is 13.1. The summed E-state index contributed by atoms with van der Waals surface area (Å²) in [6.07, 6.45) is 2.03. The van der Waals surface area contributed by atoms with Gasteiger partial charge < -0.3 is 9.84 Å². The van der Waals surface area contributed by atoms with Crippen LogP contribution in [0.25, 0.3) is 0 Å². The molecule has 0 heterocycles. The van der Waals surface area contributed by atoms with Crippen molar-refractivity contribution in [3.8, 4) is 0 Å². The Kier molecular flexibility index (Phi) is 7.75. The molecule has 0 saturated heterocycles. The number of hydrogen-bond donors (Lipinski definition) is 1. The van der Waals surface area contributed by atoms with E-state index in [1.54, 1.807) is 0 Å². The first-order chi connectivity index (χ1) is 8.11. The van der Waals surface area contributed by atoms with E-state index in [2.05, 4.69) is 14.7 Å². The Morgan fingerprint density at radius 3 is 2.53 bits per heavy atom. The van der Waals surface area contributed by atoms with Crippen LogP contribution < -0.4 is 0 Å². The summed E-state index contributed by atoms with van der Waals surface area (Å²) in [6, 6.07) is -1.30. The van der Waals surface area contributed by atoms with Crippen molar-refractivity contribution in [3.63, 3.8) is 0 Å². The molecule has 0 rings (SSSR count). The van der Waals surface area contributed by atoms with E-state index in [1.807, 2.05) is 0 Å². The summed E-state index contributed by atoms with van der Waals surface area (Å²) >= 11 is 0. The summed E-state index contributed by atoms with van der Waals surface area (Å²) in [4.78, 5) is 47.3. The van der Waals surface area contributed by atoms with Gasteiger partial charge in [-0.05, 0) is 6.42 Å². The van der Waals surface area contributed by atoms with Gasteiger partial charge in [-0.2, -0.15) is 4.99 Å². The van der Waals surface area contributed by atoms with Gasteiger partial charge in [-0.1, -0.05) is 0 Å². The molecule has 0 bridgehead atoms. The Labute approximate surface area is 96.0 Å². The number of nitrogens with zero attached hydrogens (tertiary/aromatic N) is 2. The molecule has 0 aliphatic heterocycles. The zero-order valence-corrected chi connectivity index (χ0v) is 8.79. The van der Waals surface area contributed by atoms with Gasteiger partial charge in [0.25, 0.3) is 0 Å². The molecule has 1 unspecified atom stereocenters. The lowest BCUT2D eigenvalue weighted by Crippen LogP contribution is -2.20. The summed E-state index contributed by atoms with van der Waals surface area (Å²) in [5.74, 6) is -1.97. The van der Waals surface area contributed by atoms with Crippen LogP contribution in [0, 0.1) is 0 Å². The van der Waals surface area contributed by atoms with E-state index in [0.717, 1.165) is 6.08 Å². The molecule has 0 aliphatic rings. The van der Waals surface area contributed by atoms with E-state index in [0.29, 0.717) is 0 Å². The van der Waals surface area contributed by atoms with Crippen LogP contribution in [-0.2, 0) is 23.9 Å². The van der Waals surface area contributed by atoms with Gasteiger partial charge in [-0.3, -0.25) is 4.79 Å². The van der Waals surface area contributed by atoms with Crippen molar-refractivity contribution in [2.24, 2.45) is 9.98 Å². The fourth-order valence-corrected chi connectivity index (χ4v) is 0.884. The van der Waals surface area contributed by atoms with Gasteiger partial charge in [-0.25, -0.2) is 19.4 Å². The second kappa shape index (κ2) is 8.96. The highest BCUT2D eigenvalue weighted by Gasteiger charge is 2.18. The minimum absolute atomic E-state index is 0.00406. The van der Waals surface area contributed by atoms with Gasteiger partial charge in [0.2, 0.25) is 12.2 Å². The fourth-order valence-electron chi connectivity index (χ4n) is 0.884. The number of carboxylic acids is 1. The van der Waals surface area contributed by atoms with Gasteiger partial charge >= 0.3 is 11.9 Å². The third kappa shape index (κ3) is 7.61. The average molecular weight is 242 g/mol. The third-order valence-corrected chi connectivity index (χ3v) is 1.65. The minimum Gasteiger partial charge on any atom is -0.480 e. The van der Waals surface area contributed by atoms with Crippen molar-refractivity contribution in [3.05, 3.63) is 0 Å². The highest BCUT2D eigenvalue weighted by molar-refractivity contribution is 5.76. The van der Waals surface area contributed by atoms with E-state index < -0.39 is 18.0 Å². The van der Waals surface area contributed by atoms with Crippen LogP contribution >= 0.6 is 0 Å². The van der Waals surface area contributed by atoms with Gasteiger partial charge in [0.1, 0.15) is 6.61 Å². The number of rotatable bonds is 8. The van der Waals surface area contributed by atoms with Crippen molar-refractivity contribution in [1.29, 1.82) is 0 Å². The maximum absolute atomic E-state index is 11.0. The van der Waals surface area contributed by atoms with Crippen LogP contribution in [-0.4, -0.2) is 48.4 Å². The van der Waals surface area contributed by atoms with Crippen LogP contribution in [0.2, 0.25) is 0 Å². The van der Waals surface area contributed by atoms with Crippen LogP contribution in [0.5, 0.6) is 0 Å². The highest BCUT2D eigenvalue weighted by Crippen LogP contribution is 2.03. The molecule has 17 heavy (non-hydrogen) atoms. The van der Waals surface area contributed by atoms with Crippen LogP contribution in [0.3, 0.4) is 0 Å². The van der Waals surface area contributed by atoms with Gasteiger partial charge in [0, 0.05) is 6.42 Å². The Balaban J connectivity index is 3.92. The first-order valence-electron chi connectivity index (χ1n) is 4.61. The molecule has 0 fully saturated rings. The molecule has 1 atom stereocenters. The molecule has 0 saturated carbocycles. The molecule has 8 nitrogen and oxygen atoms in total. The number of carbonyl (C=O) groups is 2. The molecule has 92 valence electrons. The molecule has 0 amide bonds. The fraction of sp³-hybridized carbons (Fsp3) is 0.556. The van der Waals surface area contributed by atoms with Crippen molar-refractivity contribution >= 4 is 24.1 Å². The number of aliphatic imine (C=N–C) groups is 2. The predicted octanol–water partition coefficient (Wildman–Crippen LogP) is -0.565. The molecule has 1 N–H and O–H groups in total. The van der Waals surface area contributed by atoms with Crippen LogP contribution in [0.4, 0.5) is 0 Å². The monoisotopic (exact) mass is 242 g/mol. The molecule has 0 aliphatic carbocycles. The molecule has 0 aromatic rings. The Morgan fingerprint density at radius 2 is 2.00 bits per heavy atom. The summed E-state index contributed by atoms with van der Waals surface area (Å²) < 4.78 is 4.61. The Hall–Kier alpha value is -2.30. The molecule has 0 radical (unpaired) electrons. The maximum Gasteiger partial charge on any atom is 0.329 e. The third-order valence-electron chi connectivity index (χ3n) is 1.65. The number of aliphatic carboxylic acids is 1. The van der Waals surface area contributed by atoms with Crippen molar-refractivity contribution in [2.75, 3.05) is 13.2 Å². The van der Waals surface area contributed by atoms with E-state index in [1.165, 1.54) is 6.08 Å². The topological polar surface area (TPSA) is 122 Å². The molecule has 8 heteroatoms. The molecule has 0 aromatic heterocycles. The number of carbonyl (C=O) groups excluding carboxylic acids is 3. The normalized spacial score (nSPS) is 10.6. The van der Waals surface area contributed by atoms with Crippen molar-refractivity contribution < 1.29 is 29.0 Å². The zero-order valence-electron chi connectivity index (χ0n) is 8.79. The first kappa shape index (κ1) is 14.7. The van der Waals surface area contributed by atoms with Crippen LogP contribution in [0.15, 0.2) is 9.98 Å². The highest BCUT2D eigenvalue weighted by atomic mass is 16.5. The van der Waals surface area contributed by atoms with Gasteiger partial charge in [0.05, 0.1) is 6.54 Å². The largest absolute Gasteiger partial charge is 0.480 e. The molecule has 0 spiro atoms. The standard InChI is InChI=1S/C9H10N2O6/c12-5-10-3-4-17-8(14)2-1-7(9(15)16)11-6-13/h7H,1-4H2,(H,15,16). The number of carboxylic acid groups (broad SMARTS) is 1. The SMILES string of the molecule is O=C=NCCOC(=O)CCC(N=C=O)C(=O)O. The first-order valence-corrected chi connectivity index (χ1v) is 4.61. The number of hydrogen-bond acceptors (Lipinski definition) is 7. The second-order valence-electron chi connectivity index (χ2n) is 2.81. The van der Waals surface area contributed by atoms with Crippen molar-refractivity contribution in [2.45, 2.75) is 18.9 Å². The van der Waals surface area contributed by atoms with Gasteiger partial charge in [-0.15, -0.1) is 0 Å². The van der Waals surface area contributed by atoms with E-state index >= 15 is 0 Å². The lowest BCUT2D eigenvalue weighted by molar-refractivity contribution is -0.144. The van der Waals surface area contributed by atoms with E-state index in [4.69, 9.17) is 5.11 Å². The lowest BCUT2D eigenvalue weighted by Gasteiger charge is -2.05. The average Bonchev–Trinajstić information content (AvgIpc) is 2.29. The van der Waals surface area contributed by atoms with Gasteiger partial charge in [0.15, 0.2) is 6.04 Å². The second-order valence-corrected chi connectivity index (χ2v) is 2.81. The van der Waals surface area contributed by atoms with E-state index in [-0.39, 0.29) is 26.0 Å². The molecular weight excluding hydrogens is 232 g/mol. The summed E-state index contributed by atoms with van der Waals surface area (Å²) in [6.45, 7) is -0.0765. The Morgan fingerprint density at radius 1 is 1.29 bits per heavy atom. The molecular formula is C9H10N2O6. The smallest absolute Gasteiger partial charge is 0.329 e. The summed E-state index contributed by atoms with van der Waals surface area (Å²) in [5.41, 5.74) is 0. The number of ether oxygens (including phenoxy) is 1. The number of esters is 1. The maximum atomic E-state index is 11.0. The molecule has 0 aromatic carbocycles.